The summed E-state index contributed by atoms with van der Waals surface area (Å²) < 4.78 is 0. The number of aromatic nitrogens is 1. The lowest BCUT2D eigenvalue weighted by Gasteiger charge is -2.30. The van der Waals surface area contributed by atoms with Gasteiger partial charge in [-0.1, -0.05) is 72.3 Å². The molecule has 0 bridgehead atoms. The minimum absolute atomic E-state index is 0. The van der Waals surface area contributed by atoms with E-state index < -0.39 is 0 Å². The second-order valence-corrected chi connectivity index (χ2v) is 8.29. The number of aryl methyl sites for hydroxylation is 1. The van der Waals surface area contributed by atoms with Crippen LogP contribution in [0.3, 0.4) is 0 Å². The average molecular weight is 465 g/mol. The normalized spacial score (nSPS) is 15.1. The van der Waals surface area contributed by atoms with E-state index in [9.17, 15) is 0 Å². The molecular formula is C28H30Cl2N2. The van der Waals surface area contributed by atoms with E-state index in [-0.39, 0.29) is 24.8 Å². The smallest absolute Gasteiger partial charge is 0.0299 e. The molecule has 32 heavy (non-hydrogen) atoms. The topological polar surface area (TPSA) is 16.1 Å². The fourth-order valence-electron chi connectivity index (χ4n) is 4.79. The Kier molecular flexibility index (Phi) is 8.69. The zero-order chi connectivity index (χ0) is 20.2. The van der Waals surface area contributed by atoms with E-state index in [1.807, 2.05) is 18.5 Å². The number of fused-ring (bicyclic) bond motifs is 2. The quantitative estimate of drug-likeness (QED) is 0.325. The summed E-state index contributed by atoms with van der Waals surface area (Å²) in [5.74, 6) is 0. The molecule has 1 aliphatic heterocycles. The van der Waals surface area contributed by atoms with Crippen molar-refractivity contribution >= 4 is 42.5 Å². The molecule has 1 aliphatic carbocycles. The van der Waals surface area contributed by atoms with Gasteiger partial charge in [0.25, 0.3) is 0 Å². The van der Waals surface area contributed by atoms with Crippen molar-refractivity contribution in [1.29, 1.82) is 0 Å². The summed E-state index contributed by atoms with van der Waals surface area (Å²) in [6.07, 6.45) is 13.0. The Labute approximate surface area is 203 Å². The summed E-state index contributed by atoms with van der Waals surface area (Å²) in [5, 5.41) is 0. The summed E-state index contributed by atoms with van der Waals surface area (Å²) in [7, 11) is 0. The van der Waals surface area contributed by atoms with Crippen LogP contribution in [0.2, 0.25) is 0 Å². The maximum atomic E-state index is 4.23. The third kappa shape index (κ3) is 5.32. The Morgan fingerprint density at radius 1 is 0.750 bits per heavy atom. The van der Waals surface area contributed by atoms with Crippen molar-refractivity contribution in [2.24, 2.45) is 0 Å². The van der Waals surface area contributed by atoms with Gasteiger partial charge < -0.3 is 4.90 Å². The van der Waals surface area contributed by atoms with Crippen LogP contribution in [-0.4, -0.2) is 29.5 Å². The van der Waals surface area contributed by atoms with Gasteiger partial charge in [0.15, 0.2) is 0 Å². The average Bonchev–Trinajstić information content (AvgIpc) is 2.97. The Morgan fingerprint density at radius 2 is 1.38 bits per heavy atom. The first-order chi connectivity index (χ1) is 14.9. The maximum Gasteiger partial charge on any atom is 0.0299 e. The highest BCUT2D eigenvalue weighted by Gasteiger charge is 2.22. The number of halogens is 2. The van der Waals surface area contributed by atoms with Crippen molar-refractivity contribution in [1.82, 2.24) is 9.88 Å². The van der Waals surface area contributed by atoms with E-state index in [4.69, 9.17) is 0 Å². The number of benzene rings is 2. The minimum Gasteiger partial charge on any atom is -0.303 e. The molecule has 0 spiro atoms. The molecule has 2 heterocycles. The lowest BCUT2D eigenvalue weighted by Crippen LogP contribution is -2.32. The molecule has 5 rings (SSSR count). The van der Waals surface area contributed by atoms with Gasteiger partial charge in [0, 0.05) is 25.5 Å². The van der Waals surface area contributed by atoms with Gasteiger partial charge in [0.1, 0.15) is 0 Å². The molecule has 2 nitrogen and oxygen atoms in total. The molecule has 166 valence electrons. The molecule has 4 heteroatoms. The van der Waals surface area contributed by atoms with E-state index in [0.29, 0.717) is 0 Å². The van der Waals surface area contributed by atoms with Crippen molar-refractivity contribution in [3.05, 3.63) is 106 Å². The van der Waals surface area contributed by atoms with Gasteiger partial charge >= 0.3 is 0 Å². The fraction of sp³-hybridized carbons (Fsp3) is 0.250. The summed E-state index contributed by atoms with van der Waals surface area (Å²) in [5.41, 5.74) is 9.86. The van der Waals surface area contributed by atoms with Gasteiger partial charge in [0.2, 0.25) is 0 Å². The standard InChI is InChI=1S/C28H28N2.2ClH/c1-3-11-26-23(9-1)13-14-24-10-2-4-12-27(24)28(26)25-15-19-30(20-16-25)18-6-8-22-7-5-17-29-21-22;;/h1-5,7,9-14,17,21H,6,8,15-16,18-20H2;2*1H. The summed E-state index contributed by atoms with van der Waals surface area (Å²) in [6.45, 7) is 3.49. The Hall–Kier alpha value is -2.39. The van der Waals surface area contributed by atoms with Crippen molar-refractivity contribution in [3.8, 4) is 0 Å². The van der Waals surface area contributed by atoms with Crippen LogP contribution in [0.15, 0.2) is 78.6 Å². The summed E-state index contributed by atoms with van der Waals surface area (Å²) >= 11 is 0. The van der Waals surface area contributed by atoms with Gasteiger partial charge in [0.05, 0.1) is 0 Å². The number of rotatable bonds is 4. The van der Waals surface area contributed by atoms with Crippen LogP contribution in [0.5, 0.6) is 0 Å². The highest BCUT2D eigenvalue weighted by atomic mass is 35.5. The first kappa shape index (κ1) is 24.3. The van der Waals surface area contributed by atoms with Gasteiger partial charge in [-0.05, 0) is 71.7 Å². The molecule has 1 aromatic heterocycles. The maximum absolute atomic E-state index is 4.23. The minimum atomic E-state index is 0. The van der Waals surface area contributed by atoms with Gasteiger partial charge in [-0.2, -0.15) is 0 Å². The lowest BCUT2D eigenvalue weighted by atomic mass is 9.86. The highest BCUT2D eigenvalue weighted by Crippen LogP contribution is 2.38. The first-order valence-corrected chi connectivity index (χ1v) is 11.1. The summed E-state index contributed by atoms with van der Waals surface area (Å²) in [6, 6.07) is 21.9. The summed E-state index contributed by atoms with van der Waals surface area (Å²) in [4.78, 5) is 6.86. The third-order valence-electron chi connectivity index (χ3n) is 6.38. The third-order valence-corrected chi connectivity index (χ3v) is 6.38. The predicted octanol–water partition coefficient (Wildman–Crippen LogP) is 6.94. The van der Waals surface area contributed by atoms with Crippen LogP contribution in [0, 0.1) is 0 Å². The monoisotopic (exact) mass is 464 g/mol. The molecule has 0 amide bonds. The van der Waals surface area contributed by atoms with E-state index in [0.717, 1.165) is 32.4 Å². The zero-order valence-corrected chi connectivity index (χ0v) is 19.9. The molecule has 2 aliphatic rings. The van der Waals surface area contributed by atoms with Crippen LogP contribution in [0.25, 0.3) is 17.7 Å². The second kappa shape index (κ2) is 11.5. The number of hydrogen-bond donors (Lipinski definition) is 0. The van der Waals surface area contributed by atoms with E-state index >= 15 is 0 Å². The van der Waals surface area contributed by atoms with Crippen LogP contribution in [0.4, 0.5) is 0 Å². The molecule has 0 atom stereocenters. The van der Waals surface area contributed by atoms with Crippen LogP contribution in [0.1, 0.15) is 47.1 Å². The van der Waals surface area contributed by atoms with Crippen molar-refractivity contribution < 1.29 is 0 Å². The Bertz CT molecular complexity index is 1030. The molecule has 3 aromatic rings. The van der Waals surface area contributed by atoms with Crippen molar-refractivity contribution in [2.75, 3.05) is 19.6 Å². The van der Waals surface area contributed by atoms with Gasteiger partial charge in [-0.15, -0.1) is 24.8 Å². The number of piperidine rings is 1. The molecule has 1 fully saturated rings. The van der Waals surface area contributed by atoms with E-state index in [1.165, 1.54) is 46.4 Å². The SMILES string of the molecule is C1=Cc2ccccc2C(=C2CCN(CCCc3cccnc3)CC2)c2ccccc21.Cl.Cl. The zero-order valence-electron chi connectivity index (χ0n) is 18.2. The molecule has 0 unspecified atom stereocenters. The first-order valence-electron chi connectivity index (χ1n) is 11.1. The van der Waals surface area contributed by atoms with Crippen LogP contribution < -0.4 is 0 Å². The molecular weight excluding hydrogens is 435 g/mol. The van der Waals surface area contributed by atoms with Crippen LogP contribution >= 0.6 is 24.8 Å². The molecule has 0 saturated carbocycles. The Morgan fingerprint density at radius 3 is 1.97 bits per heavy atom. The van der Waals surface area contributed by atoms with Gasteiger partial charge in [-0.25, -0.2) is 0 Å². The van der Waals surface area contributed by atoms with Gasteiger partial charge in [-0.3, -0.25) is 4.98 Å². The predicted molar refractivity (Wildman–Crippen MR) is 141 cm³/mol. The van der Waals surface area contributed by atoms with Crippen LogP contribution in [-0.2, 0) is 6.42 Å². The molecule has 0 radical (unpaired) electrons. The molecule has 2 aromatic carbocycles. The Balaban J connectivity index is 0.00000144. The molecule has 0 N–H and O–H groups in total. The number of hydrogen-bond acceptors (Lipinski definition) is 2. The van der Waals surface area contributed by atoms with E-state index in [1.54, 1.807) is 5.57 Å². The number of nitrogens with zero attached hydrogens (tertiary/aromatic N) is 2. The van der Waals surface area contributed by atoms with Crippen molar-refractivity contribution in [3.63, 3.8) is 0 Å². The molecule has 1 saturated heterocycles. The number of likely N-dealkylation sites (tertiary alicyclic amines) is 1. The van der Waals surface area contributed by atoms with Crippen molar-refractivity contribution in [2.45, 2.75) is 25.7 Å². The largest absolute Gasteiger partial charge is 0.303 e. The second-order valence-electron chi connectivity index (χ2n) is 8.29. The lowest BCUT2D eigenvalue weighted by molar-refractivity contribution is 0.254. The highest BCUT2D eigenvalue weighted by molar-refractivity contribution is 5.94. The van der Waals surface area contributed by atoms with E-state index in [2.05, 4.69) is 76.6 Å². The fourth-order valence-corrected chi connectivity index (χ4v) is 4.79. The number of pyridine rings is 1.